The smallest absolute Gasteiger partial charge is 0.262 e. The van der Waals surface area contributed by atoms with Crippen molar-refractivity contribution < 1.29 is 19.0 Å². The maximum absolute atomic E-state index is 13.1. The lowest BCUT2D eigenvalue weighted by atomic mass is 9.74. The van der Waals surface area contributed by atoms with Crippen LogP contribution in [-0.4, -0.2) is 32.5 Å². The van der Waals surface area contributed by atoms with Gasteiger partial charge in [-0.25, -0.2) is 0 Å². The molecule has 5 rings (SSSR count). The molecular weight excluding hydrogens is 398 g/mol. The Balaban J connectivity index is 1.38. The first-order valence-corrected chi connectivity index (χ1v) is 11.0. The summed E-state index contributed by atoms with van der Waals surface area (Å²) in [6.07, 6.45) is 1.70. The zero-order chi connectivity index (χ0) is 20.4. The molecule has 3 aromatic rings. The number of benzene rings is 2. The number of nitrogens with one attached hydrogen (secondary N) is 1. The lowest BCUT2D eigenvalue weighted by Crippen LogP contribution is -2.44. The van der Waals surface area contributed by atoms with Gasteiger partial charge < -0.3 is 19.5 Å². The van der Waals surface area contributed by atoms with E-state index in [1.807, 2.05) is 47.8 Å². The topological polar surface area (TPSA) is 56.8 Å². The number of carbonyl (C=O) groups excluding carboxylic acids is 1. The van der Waals surface area contributed by atoms with Gasteiger partial charge in [0.25, 0.3) is 5.91 Å². The van der Waals surface area contributed by atoms with Crippen molar-refractivity contribution in [1.82, 2.24) is 5.32 Å². The van der Waals surface area contributed by atoms with E-state index in [1.165, 1.54) is 11.3 Å². The molecule has 2 aliphatic rings. The first-order valence-electron chi connectivity index (χ1n) is 10.1. The third-order valence-corrected chi connectivity index (χ3v) is 6.89. The van der Waals surface area contributed by atoms with Gasteiger partial charge in [-0.15, -0.1) is 11.3 Å². The van der Waals surface area contributed by atoms with Crippen molar-refractivity contribution in [3.8, 4) is 22.6 Å². The quantitative estimate of drug-likeness (QED) is 0.653. The van der Waals surface area contributed by atoms with Gasteiger partial charge in [0.2, 0.25) is 6.79 Å². The van der Waals surface area contributed by atoms with Gasteiger partial charge in [0.15, 0.2) is 11.5 Å². The Hall–Kier alpha value is -2.83. The van der Waals surface area contributed by atoms with Gasteiger partial charge in [0.1, 0.15) is 0 Å². The fraction of sp³-hybridized carbons (Fsp3) is 0.292. The number of hydrogen-bond donors (Lipinski definition) is 1. The minimum absolute atomic E-state index is 0.0320. The molecule has 0 atom stereocenters. The molecule has 1 N–H and O–H groups in total. The third kappa shape index (κ3) is 3.57. The summed E-state index contributed by atoms with van der Waals surface area (Å²) in [7, 11) is 0. The predicted molar refractivity (Wildman–Crippen MR) is 116 cm³/mol. The summed E-state index contributed by atoms with van der Waals surface area (Å²) < 4.78 is 16.7. The summed E-state index contributed by atoms with van der Waals surface area (Å²) in [4.78, 5) is 13.9. The number of thiophene rings is 1. The summed E-state index contributed by atoms with van der Waals surface area (Å²) in [5.74, 6) is 1.51. The van der Waals surface area contributed by atoms with Gasteiger partial charge in [-0.05, 0) is 47.5 Å². The average Bonchev–Trinajstić information content (AvgIpc) is 3.48. The van der Waals surface area contributed by atoms with Crippen molar-refractivity contribution in [3.63, 3.8) is 0 Å². The van der Waals surface area contributed by atoms with Crippen molar-refractivity contribution in [2.24, 2.45) is 0 Å². The number of hydrogen-bond acceptors (Lipinski definition) is 5. The highest BCUT2D eigenvalue weighted by molar-refractivity contribution is 7.12. The molecule has 1 amide bonds. The molecule has 154 valence electrons. The van der Waals surface area contributed by atoms with E-state index in [-0.39, 0.29) is 18.1 Å². The van der Waals surface area contributed by atoms with E-state index in [0.717, 1.165) is 45.9 Å². The second-order valence-corrected chi connectivity index (χ2v) is 8.59. The Kier molecular flexibility index (Phi) is 5.19. The second kappa shape index (κ2) is 8.13. The molecule has 2 aliphatic heterocycles. The van der Waals surface area contributed by atoms with E-state index in [1.54, 1.807) is 0 Å². The SMILES string of the molecule is O=C(NCC1(c2ccc3c(c2)OCO3)CCOCC1)c1sccc1-c1ccccc1. The lowest BCUT2D eigenvalue weighted by molar-refractivity contribution is 0.0487. The molecule has 1 saturated heterocycles. The van der Waals surface area contributed by atoms with Crippen LogP contribution in [0, 0.1) is 0 Å². The van der Waals surface area contributed by atoms with E-state index in [2.05, 4.69) is 17.4 Å². The van der Waals surface area contributed by atoms with E-state index in [4.69, 9.17) is 14.2 Å². The molecule has 5 nitrogen and oxygen atoms in total. The molecule has 0 aliphatic carbocycles. The summed E-state index contributed by atoms with van der Waals surface area (Å²) in [6.45, 7) is 2.17. The number of rotatable bonds is 5. The molecule has 3 heterocycles. The molecule has 2 aromatic carbocycles. The Morgan fingerprint density at radius 2 is 1.80 bits per heavy atom. The standard InChI is InChI=1S/C24H23NO4S/c26-23(22-19(8-13-30-22)17-4-2-1-3-5-17)25-15-24(9-11-27-12-10-24)18-6-7-20-21(14-18)29-16-28-20/h1-8,13-14H,9-12,15-16H2,(H,25,26). The Morgan fingerprint density at radius 3 is 2.63 bits per heavy atom. The van der Waals surface area contributed by atoms with E-state index in [9.17, 15) is 4.79 Å². The van der Waals surface area contributed by atoms with Crippen LogP contribution in [0.3, 0.4) is 0 Å². The molecule has 0 saturated carbocycles. The highest BCUT2D eigenvalue weighted by atomic mass is 32.1. The molecule has 1 fully saturated rings. The van der Waals surface area contributed by atoms with Crippen LogP contribution < -0.4 is 14.8 Å². The Labute approximate surface area is 179 Å². The number of ether oxygens (including phenoxy) is 3. The zero-order valence-corrected chi connectivity index (χ0v) is 17.4. The number of carbonyl (C=O) groups is 1. The van der Waals surface area contributed by atoms with Crippen molar-refractivity contribution in [2.75, 3.05) is 26.6 Å². The Bertz CT molecular complexity index is 1040. The van der Waals surface area contributed by atoms with Crippen LogP contribution in [0.2, 0.25) is 0 Å². The molecular formula is C24H23NO4S. The first kappa shape index (κ1) is 19.2. The van der Waals surface area contributed by atoms with Gasteiger partial charge in [0.05, 0.1) is 4.88 Å². The van der Waals surface area contributed by atoms with E-state index >= 15 is 0 Å². The number of fused-ring (bicyclic) bond motifs is 1. The van der Waals surface area contributed by atoms with E-state index in [0.29, 0.717) is 19.8 Å². The van der Waals surface area contributed by atoms with Crippen LogP contribution in [0.15, 0.2) is 60.0 Å². The van der Waals surface area contributed by atoms with Gasteiger partial charge in [0, 0.05) is 30.7 Å². The van der Waals surface area contributed by atoms with E-state index < -0.39 is 0 Å². The largest absolute Gasteiger partial charge is 0.454 e. The molecule has 0 spiro atoms. The first-order chi connectivity index (χ1) is 14.8. The summed E-state index contributed by atoms with van der Waals surface area (Å²) in [6, 6.07) is 18.1. The lowest BCUT2D eigenvalue weighted by Gasteiger charge is -2.38. The minimum atomic E-state index is -0.181. The van der Waals surface area contributed by atoms with Crippen LogP contribution >= 0.6 is 11.3 Å². The molecule has 0 radical (unpaired) electrons. The average molecular weight is 422 g/mol. The van der Waals surface area contributed by atoms with Crippen LogP contribution in [-0.2, 0) is 10.2 Å². The summed E-state index contributed by atoms with van der Waals surface area (Å²) >= 11 is 1.48. The van der Waals surface area contributed by atoms with Gasteiger partial charge in [-0.3, -0.25) is 4.79 Å². The fourth-order valence-electron chi connectivity index (χ4n) is 4.22. The normalized spacial score (nSPS) is 16.9. The maximum atomic E-state index is 13.1. The van der Waals surface area contributed by atoms with Crippen LogP contribution in [0.1, 0.15) is 28.1 Å². The molecule has 0 unspecified atom stereocenters. The minimum Gasteiger partial charge on any atom is -0.454 e. The molecule has 1 aromatic heterocycles. The highest BCUT2D eigenvalue weighted by Crippen LogP contribution is 2.40. The third-order valence-electron chi connectivity index (χ3n) is 5.98. The zero-order valence-electron chi connectivity index (χ0n) is 16.6. The second-order valence-electron chi connectivity index (χ2n) is 7.67. The fourth-order valence-corrected chi connectivity index (χ4v) is 5.05. The maximum Gasteiger partial charge on any atom is 0.262 e. The van der Waals surface area contributed by atoms with Crippen LogP contribution in [0.5, 0.6) is 11.5 Å². The van der Waals surface area contributed by atoms with Gasteiger partial charge >= 0.3 is 0 Å². The van der Waals surface area contributed by atoms with Crippen LogP contribution in [0.25, 0.3) is 11.1 Å². The summed E-state index contributed by atoms with van der Waals surface area (Å²) in [5, 5.41) is 5.19. The molecule has 6 heteroatoms. The highest BCUT2D eigenvalue weighted by Gasteiger charge is 2.36. The predicted octanol–water partition coefficient (Wildman–Crippen LogP) is 4.62. The van der Waals surface area contributed by atoms with Gasteiger partial charge in [-0.2, -0.15) is 0 Å². The van der Waals surface area contributed by atoms with Crippen LogP contribution in [0.4, 0.5) is 0 Å². The number of amides is 1. The van der Waals surface area contributed by atoms with Crippen molar-refractivity contribution >= 4 is 17.2 Å². The molecule has 0 bridgehead atoms. The molecule has 30 heavy (non-hydrogen) atoms. The van der Waals surface area contributed by atoms with Crippen molar-refractivity contribution in [2.45, 2.75) is 18.3 Å². The van der Waals surface area contributed by atoms with Gasteiger partial charge in [-0.1, -0.05) is 36.4 Å². The summed E-state index contributed by atoms with van der Waals surface area (Å²) in [5.41, 5.74) is 3.01. The Morgan fingerprint density at radius 1 is 1.00 bits per heavy atom. The monoisotopic (exact) mass is 421 g/mol. The van der Waals surface area contributed by atoms with Crippen molar-refractivity contribution in [3.05, 3.63) is 70.4 Å². The van der Waals surface area contributed by atoms with Crippen molar-refractivity contribution in [1.29, 1.82) is 0 Å².